The average Bonchev–Trinajstić information content (AvgIpc) is 3.33. The highest BCUT2D eigenvalue weighted by molar-refractivity contribution is 8.16. The van der Waals surface area contributed by atoms with E-state index in [0.29, 0.717) is 54.1 Å². The van der Waals surface area contributed by atoms with Crippen molar-refractivity contribution in [1.29, 1.82) is 0 Å². The molecule has 1 saturated heterocycles. The number of nitrogens with zero attached hydrogens (tertiary/aromatic N) is 3. The molecule has 3 aliphatic heterocycles. The van der Waals surface area contributed by atoms with Gasteiger partial charge in [0, 0.05) is 18.8 Å². The van der Waals surface area contributed by atoms with Crippen molar-refractivity contribution >= 4 is 34.8 Å². The topological polar surface area (TPSA) is 107 Å². The molecule has 1 aromatic rings. The Hall–Kier alpha value is -3.47. The summed E-state index contributed by atoms with van der Waals surface area (Å²) in [4.78, 5) is 47.4. The van der Waals surface area contributed by atoms with E-state index in [1.807, 2.05) is 22.4 Å². The van der Waals surface area contributed by atoms with Gasteiger partial charge in [-0.15, -0.1) is 0 Å². The second kappa shape index (κ2) is 12.6. The van der Waals surface area contributed by atoms with Gasteiger partial charge in [-0.05, 0) is 56.7 Å². The summed E-state index contributed by atoms with van der Waals surface area (Å²) in [5, 5.41) is 2.57. The van der Waals surface area contributed by atoms with Gasteiger partial charge in [-0.25, -0.2) is 9.79 Å². The van der Waals surface area contributed by atoms with Crippen LogP contribution in [0.1, 0.15) is 51.6 Å². The Morgan fingerprint density at radius 2 is 1.82 bits per heavy atom. The maximum atomic E-state index is 13.5. The van der Waals surface area contributed by atoms with Gasteiger partial charge in [0.25, 0.3) is 0 Å². The third-order valence-corrected chi connectivity index (χ3v) is 7.83. The van der Waals surface area contributed by atoms with Crippen molar-refractivity contribution in [2.75, 3.05) is 40.5 Å². The number of amidine groups is 1. The molecule has 0 radical (unpaired) electrons. The van der Waals surface area contributed by atoms with Crippen LogP contribution in [0.5, 0.6) is 11.5 Å². The first kappa shape index (κ1) is 28.5. The lowest BCUT2D eigenvalue weighted by atomic mass is 9.93. The maximum Gasteiger partial charge on any atom is 0.338 e. The van der Waals surface area contributed by atoms with Crippen LogP contribution in [0, 0.1) is 5.92 Å². The minimum atomic E-state index is -0.584. The zero-order valence-electron chi connectivity index (χ0n) is 23.0. The predicted octanol–water partition coefficient (Wildman–Crippen LogP) is 4.03. The van der Waals surface area contributed by atoms with E-state index in [4.69, 9.17) is 23.9 Å². The SMILES string of the molecule is CCOC(=O)C1=C(C)N=C2SC=C(CC(=O)N3CCCC(C(=O)OCC)C3)N2C1c1ccc(OC)c(OC)c1. The summed E-state index contributed by atoms with van der Waals surface area (Å²) >= 11 is 1.41. The number of piperidine rings is 1. The van der Waals surface area contributed by atoms with Gasteiger partial charge in [-0.3, -0.25) is 9.59 Å². The standard InChI is InChI=1S/C28H35N3O7S/c1-6-37-26(33)19-9-8-12-30(15-19)23(32)14-20-16-39-28-29-17(3)24(27(34)38-7-2)25(31(20)28)18-10-11-21(35-4)22(13-18)36-5/h10-11,13,16,19,25H,6-9,12,14-15H2,1-5H3. The van der Waals surface area contributed by atoms with Crippen molar-refractivity contribution in [2.24, 2.45) is 10.9 Å². The van der Waals surface area contributed by atoms with Gasteiger partial charge < -0.3 is 28.7 Å². The molecule has 210 valence electrons. The second-order valence-electron chi connectivity index (χ2n) is 9.34. The normalized spacial score (nSPS) is 20.6. The van der Waals surface area contributed by atoms with Crippen LogP contribution in [0.3, 0.4) is 0 Å². The number of esters is 2. The summed E-state index contributed by atoms with van der Waals surface area (Å²) in [5.74, 6) is -0.0499. The molecule has 3 aliphatic rings. The number of allylic oxidation sites excluding steroid dienone is 1. The third kappa shape index (κ3) is 5.93. The Kier molecular flexibility index (Phi) is 9.21. The van der Waals surface area contributed by atoms with E-state index in [0.717, 1.165) is 17.7 Å². The van der Waals surface area contributed by atoms with Crippen molar-refractivity contribution in [2.45, 2.75) is 46.1 Å². The predicted molar refractivity (Wildman–Crippen MR) is 147 cm³/mol. The molecule has 11 heteroatoms. The molecule has 2 unspecified atom stereocenters. The Morgan fingerprint density at radius 1 is 1.08 bits per heavy atom. The Morgan fingerprint density at radius 3 is 2.51 bits per heavy atom. The molecule has 2 atom stereocenters. The van der Waals surface area contributed by atoms with E-state index in [2.05, 4.69) is 0 Å². The van der Waals surface area contributed by atoms with Crippen molar-refractivity contribution in [1.82, 2.24) is 9.80 Å². The van der Waals surface area contributed by atoms with Crippen LogP contribution in [-0.4, -0.2) is 73.3 Å². The largest absolute Gasteiger partial charge is 0.493 e. The molecule has 0 saturated carbocycles. The first-order valence-electron chi connectivity index (χ1n) is 13.1. The van der Waals surface area contributed by atoms with Crippen LogP contribution in [0.15, 0.2) is 45.6 Å². The minimum Gasteiger partial charge on any atom is -0.493 e. The summed E-state index contributed by atoms with van der Waals surface area (Å²) in [6.07, 6.45) is 1.54. The number of rotatable bonds is 9. The number of hydrogen-bond donors (Lipinski definition) is 0. The van der Waals surface area contributed by atoms with Crippen LogP contribution in [0.4, 0.5) is 0 Å². The molecule has 1 amide bonds. The molecule has 3 heterocycles. The molecule has 0 spiro atoms. The number of fused-ring (bicyclic) bond motifs is 1. The molecular formula is C28H35N3O7S. The maximum absolute atomic E-state index is 13.5. The highest BCUT2D eigenvalue weighted by Crippen LogP contribution is 2.46. The molecular weight excluding hydrogens is 522 g/mol. The van der Waals surface area contributed by atoms with Crippen LogP contribution in [-0.2, 0) is 23.9 Å². The fourth-order valence-corrected chi connectivity index (χ4v) is 6.07. The molecule has 1 fully saturated rings. The first-order chi connectivity index (χ1) is 18.8. The number of carbonyl (C=O) groups excluding carboxylic acids is 3. The summed E-state index contributed by atoms with van der Waals surface area (Å²) in [5.41, 5.74) is 2.44. The van der Waals surface area contributed by atoms with E-state index in [-0.39, 0.29) is 30.8 Å². The molecule has 4 rings (SSSR count). The van der Waals surface area contributed by atoms with Crippen LogP contribution < -0.4 is 9.47 Å². The monoisotopic (exact) mass is 557 g/mol. The summed E-state index contributed by atoms with van der Waals surface area (Å²) in [6.45, 7) is 6.79. The number of likely N-dealkylation sites (tertiary alicyclic amines) is 1. The van der Waals surface area contributed by atoms with Gasteiger partial charge in [0.1, 0.15) is 0 Å². The second-order valence-corrected chi connectivity index (χ2v) is 10.2. The zero-order chi connectivity index (χ0) is 28.1. The Balaban J connectivity index is 1.65. The number of methoxy groups -OCH3 is 2. The molecule has 39 heavy (non-hydrogen) atoms. The van der Waals surface area contributed by atoms with Crippen LogP contribution >= 0.6 is 11.8 Å². The van der Waals surface area contributed by atoms with E-state index in [9.17, 15) is 14.4 Å². The number of amides is 1. The van der Waals surface area contributed by atoms with Crippen molar-refractivity contribution in [3.63, 3.8) is 0 Å². The summed E-state index contributed by atoms with van der Waals surface area (Å²) in [6, 6.07) is 4.91. The number of thioether (sulfide) groups is 1. The average molecular weight is 558 g/mol. The van der Waals surface area contributed by atoms with Crippen LogP contribution in [0.2, 0.25) is 0 Å². The Bertz CT molecular complexity index is 1230. The molecule has 0 aliphatic carbocycles. The van der Waals surface area contributed by atoms with E-state index in [1.54, 1.807) is 46.0 Å². The van der Waals surface area contributed by atoms with Gasteiger partial charge in [0.05, 0.1) is 57.1 Å². The number of benzene rings is 1. The van der Waals surface area contributed by atoms with Gasteiger partial charge in [0.2, 0.25) is 5.91 Å². The first-order valence-corrected chi connectivity index (χ1v) is 14.0. The highest BCUT2D eigenvalue weighted by atomic mass is 32.2. The summed E-state index contributed by atoms with van der Waals surface area (Å²) < 4.78 is 21.6. The lowest BCUT2D eigenvalue weighted by Crippen LogP contribution is -2.44. The fourth-order valence-electron chi connectivity index (χ4n) is 5.10. The lowest BCUT2D eigenvalue weighted by Gasteiger charge is -2.37. The van der Waals surface area contributed by atoms with Gasteiger partial charge in [0.15, 0.2) is 16.7 Å². The molecule has 0 bridgehead atoms. The molecule has 10 nitrogen and oxygen atoms in total. The minimum absolute atomic E-state index is 0.0906. The lowest BCUT2D eigenvalue weighted by molar-refractivity contribution is -0.151. The van der Waals surface area contributed by atoms with Crippen molar-refractivity contribution in [3.05, 3.63) is 46.1 Å². The molecule has 0 N–H and O–H groups in total. The highest BCUT2D eigenvalue weighted by Gasteiger charge is 2.42. The van der Waals surface area contributed by atoms with Crippen LogP contribution in [0.25, 0.3) is 0 Å². The quantitative estimate of drug-likeness (QED) is 0.416. The number of carbonyl (C=O) groups is 3. The van der Waals surface area contributed by atoms with Gasteiger partial charge in [-0.1, -0.05) is 17.8 Å². The third-order valence-electron chi connectivity index (χ3n) is 6.95. The molecule has 0 aromatic heterocycles. The van der Waals surface area contributed by atoms with Gasteiger partial charge in [-0.2, -0.15) is 0 Å². The van der Waals surface area contributed by atoms with E-state index >= 15 is 0 Å². The van der Waals surface area contributed by atoms with Crippen molar-refractivity contribution < 1.29 is 33.3 Å². The number of ether oxygens (including phenoxy) is 4. The summed E-state index contributed by atoms with van der Waals surface area (Å²) in [7, 11) is 3.12. The number of aliphatic imine (C=N–C) groups is 1. The van der Waals surface area contributed by atoms with E-state index < -0.39 is 12.0 Å². The Labute approximate surface area is 233 Å². The fraction of sp³-hybridized carbons (Fsp3) is 0.500. The number of hydrogen-bond acceptors (Lipinski definition) is 10. The zero-order valence-corrected chi connectivity index (χ0v) is 23.8. The smallest absolute Gasteiger partial charge is 0.338 e. The van der Waals surface area contributed by atoms with E-state index in [1.165, 1.54) is 11.8 Å². The molecule has 1 aromatic carbocycles. The van der Waals surface area contributed by atoms with Gasteiger partial charge >= 0.3 is 11.9 Å². The van der Waals surface area contributed by atoms with Crippen molar-refractivity contribution in [3.8, 4) is 11.5 Å².